The number of amides is 2. The highest BCUT2D eigenvalue weighted by molar-refractivity contribution is 6.30. The van der Waals surface area contributed by atoms with Crippen molar-refractivity contribution in [1.29, 1.82) is 0 Å². The molecule has 0 aliphatic rings. The van der Waals surface area contributed by atoms with Crippen LogP contribution < -0.4 is 10.1 Å². The zero-order valence-corrected chi connectivity index (χ0v) is 17.7. The van der Waals surface area contributed by atoms with E-state index in [0.29, 0.717) is 40.0 Å². The van der Waals surface area contributed by atoms with Crippen LogP contribution in [0.25, 0.3) is 0 Å². The Balaban J connectivity index is 1.67. The van der Waals surface area contributed by atoms with E-state index in [0.717, 1.165) is 5.56 Å². The van der Waals surface area contributed by atoms with Gasteiger partial charge in [0.25, 0.3) is 11.8 Å². The molecule has 3 rings (SSSR count). The van der Waals surface area contributed by atoms with E-state index < -0.39 is 0 Å². The first kappa shape index (κ1) is 21.3. The third kappa shape index (κ3) is 5.36. The van der Waals surface area contributed by atoms with E-state index in [4.69, 9.17) is 16.3 Å². The Morgan fingerprint density at radius 1 is 1.07 bits per heavy atom. The molecule has 0 aliphatic heterocycles. The lowest BCUT2D eigenvalue weighted by molar-refractivity contribution is 0.0821. The molecule has 1 N–H and O–H groups in total. The van der Waals surface area contributed by atoms with Crippen LogP contribution in [-0.4, -0.2) is 35.8 Å². The summed E-state index contributed by atoms with van der Waals surface area (Å²) >= 11 is 5.89. The number of carbonyl (C=O) groups is 2. The Morgan fingerprint density at radius 2 is 1.80 bits per heavy atom. The second kappa shape index (κ2) is 9.41. The molecular weight excluding hydrogens is 402 g/mol. The summed E-state index contributed by atoms with van der Waals surface area (Å²) in [6.07, 6.45) is 0. The van der Waals surface area contributed by atoms with Gasteiger partial charge in [-0.05, 0) is 48.9 Å². The number of aromatic nitrogens is 1. The summed E-state index contributed by atoms with van der Waals surface area (Å²) in [5.74, 6) is 0.110. The number of ether oxygens (including phenoxy) is 1. The predicted octanol–water partition coefficient (Wildman–Crippen LogP) is 4.58. The fourth-order valence-corrected chi connectivity index (χ4v) is 2.88. The molecule has 1 heterocycles. The van der Waals surface area contributed by atoms with Crippen LogP contribution in [0, 0.1) is 6.92 Å². The lowest BCUT2D eigenvalue weighted by atomic mass is 10.1. The average Bonchev–Trinajstić information content (AvgIpc) is 2.72. The van der Waals surface area contributed by atoms with Gasteiger partial charge in [-0.3, -0.25) is 9.59 Å². The van der Waals surface area contributed by atoms with Gasteiger partial charge in [0.15, 0.2) is 0 Å². The van der Waals surface area contributed by atoms with Crippen molar-refractivity contribution in [3.05, 3.63) is 88.2 Å². The van der Waals surface area contributed by atoms with E-state index in [-0.39, 0.29) is 11.8 Å². The van der Waals surface area contributed by atoms with Gasteiger partial charge in [0.1, 0.15) is 18.1 Å². The average molecular weight is 424 g/mol. The third-order valence-electron chi connectivity index (χ3n) is 4.37. The molecule has 0 unspecified atom stereocenters. The van der Waals surface area contributed by atoms with Crippen molar-refractivity contribution in [2.24, 2.45) is 0 Å². The van der Waals surface area contributed by atoms with Gasteiger partial charge in [0.2, 0.25) is 0 Å². The maximum atomic E-state index is 12.7. The minimum atomic E-state index is -0.307. The molecule has 0 bridgehead atoms. The Labute approximate surface area is 180 Å². The fraction of sp³-hybridized carbons (Fsp3) is 0.174. The van der Waals surface area contributed by atoms with E-state index in [9.17, 15) is 9.59 Å². The van der Waals surface area contributed by atoms with Crippen LogP contribution in [0.3, 0.4) is 0 Å². The number of anilines is 1. The number of hydrogen-bond donors (Lipinski definition) is 1. The minimum Gasteiger partial charge on any atom is -0.489 e. The van der Waals surface area contributed by atoms with Crippen LogP contribution in [0.15, 0.2) is 60.7 Å². The molecule has 1 aromatic heterocycles. The second-order valence-electron chi connectivity index (χ2n) is 6.93. The molecule has 2 aromatic carbocycles. The standard InChI is InChI=1S/C23H22ClN3O3/c1-15-20(11-12-21(25-15)23(29)27(2)3)22(28)26-18-5-4-6-19(13-18)30-14-16-7-9-17(24)10-8-16/h4-13H,14H2,1-3H3,(H,26,28). The summed E-state index contributed by atoms with van der Waals surface area (Å²) in [6.45, 7) is 2.09. The summed E-state index contributed by atoms with van der Waals surface area (Å²) in [5, 5.41) is 3.52. The van der Waals surface area contributed by atoms with Crippen LogP contribution in [-0.2, 0) is 6.61 Å². The summed E-state index contributed by atoms with van der Waals surface area (Å²) in [5.41, 5.74) is 2.77. The number of halogens is 1. The van der Waals surface area contributed by atoms with Gasteiger partial charge in [-0.15, -0.1) is 0 Å². The highest BCUT2D eigenvalue weighted by atomic mass is 35.5. The molecule has 7 heteroatoms. The van der Waals surface area contributed by atoms with Crippen molar-refractivity contribution < 1.29 is 14.3 Å². The lowest BCUT2D eigenvalue weighted by Crippen LogP contribution is -2.23. The monoisotopic (exact) mass is 423 g/mol. The molecule has 6 nitrogen and oxygen atoms in total. The number of rotatable bonds is 6. The van der Waals surface area contributed by atoms with Gasteiger partial charge in [-0.1, -0.05) is 29.8 Å². The van der Waals surface area contributed by atoms with Crippen LogP contribution in [0.1, 0.15) is 32.1 Å². The third-order valence-corrected chi connectivity index (χ3v) is 4.62. The number of carbonyl (C=O) groups excluding carboxylic acids is 2. The molecule has 0 aliphatic carbocycles. The first-order valence-corrected chi connectivity index (χ1v) is 9.69. The van der Waals surface area contributed by atoms with E-state index in [1.807, 2.05) is 30.3 Å². The first-order chi connectivity index (χ1) is 14.3. The van der Waals surface area contributed by atoms with Crippen molar-refractivity contribution in [3.8, 4) is 5.75 Å². The zero-order valence-electron chi connectivity index (χ0n) is 17.0. The van der Waals surface area contributed by atoms with E-state index in [1.54, 1.807) is 51.4 Å². The normalized spacial score (nSPS) is 10.4. The summed E-state index contributed by atoms with van der Waals surface area (Å²) in [6, 6.07) is 17.7. The summed E-state index contributed by atoms with van der Waals surface area (Å²) in [4.78, 5) is 30.4. The van der Waals surface area contributed by atoms with Crippen molar-refractivity contribution in [2.45, 2.75) is 13.5 Å². The quantitative estimate of drug-likeness (QED) is 0.630. The first-order valence-electron chi connectivity index (χ1n) is 9.31. The number of aryl methyl sites for hydroxylation is 1. The van der Waals surface area contributed by atoms with Crippen molar-refractivity contribution >= 4 is 29.1 Å². The molecule has 30 heavy (non-hydrogen) atoms. The van der Waals surface area contributed by atoms with Gasteiger partial charge < -0.3 is 15.0 Å². The van der Waals surface area contributed by atoms with E-state index in [1.165, 1.54) is 4.90 Å². The maximum absolute atomic E-state index is 12.7. The Bertz CT molecular complexity index is 1070. The number of nitrogens with zero attached hydrogens (tertiary/aromatic N) is 2. The van der Waals surface area contributed by atoms with Gasteiger partial charge >= 0.3 is 0 Å². The lowest BCUT2D eigenvalue weighted by Gasteiger charge is -2.12. The number of nitrogens with one attached hydrogen (secondary N) is 1. The Hall–Kier alpha value is -3.38. The largest absolute Gasteiger partial charge is 0.489 e. The van der Waals surface area contributed by atoms with Gasteiger partial charge in [-0.2, -0.15) is 0 Å². The summed E-state index contributed by atoms with van der Waals surface area (Å²) in [7, 11) is 3.31. The van der Waals surface area contributed by atoms with Crippen molar-refractivity contribution in [3.63, 3.8) is 0 Å². The highest BCUT2D eigenvalue weighted by Crippen LogP contribution is 2.20. The van der Waals surface area contributed by atoms with E-state index in [2.05, 4.69) is 10.3 Å². The van der Waals surface area contributed by atoms with Gasteiger partial charge in [0, 0.05) is 30.9 Å². The molecule has 0 radical (unpaired) electrons. The highest BCUT2D eigenvalue weighted by Gasteiger charge is 2.15. The van der Waals surface area contributed by atoms with Gasteiger partial charge in [0.05, 0.1) is 11.3 Å². The number of pyridine rings is 1. The maximum Gasteiger partial charge on any atom is 0.271 e. The van der Waals surface area contributed by atoms with Crippen LogP contribution in [0.2, 0.25) is 5.02 Å². The molecule has 0 spiro atoms. The number of hydrogen-bond acceptors (Lipinski definition) is 4. The molecule has 3 aromatic rings. The molecule has 154 valence electrons. The molecule has 0 atom stereocenters. The zero-order chi connectivity index (χ0) is 21.7. The van der Waals surface area contributed by atoms with Crippen LogP contribution in [0.5, 0.6) is 5.75 Å². The topological polar surface area (TPSA) is 71.5 Å². The SMILES string of the molecule is Cc1nc(C(=O)N(C)C)ccc1C(=O)Nc1cccc(OCc2ccc(Cl)cc2)c1. The van der Waals surface area contributed by atoms with Crippen LogP contribution >= 0.6 is 11.6 Å². The Kier molecular flexibility index (Phi) is 6.69. The van der Waals surface area contributed by atoms with Crippen molar-refractivity contribution in [1.82, 2.24) is 9.88 Å². The smallest absolute Gasteiger partial charge is 0.271 e. The second-order valence-corrected chi connectivity index (χ2v) is 7.36. The fourth-order valence-electron chi connectivity index (χ4n) is 2.76. The van der Waals surface area contributed by atoms with Crippen LogP contribution in [0.4, 0.5) is 5.69 Å². The van der Waals surface area contributed by atoms with E-state index >= 15 is 0 Å². The Morgan fingerprint density at radius 3 is 2.47 bits per heavy atom. The molecule has 2 amide bonds. The molecule has 0 saturated carbocycles. The molecule has 0 fully saturated rings. The summed E-state index contributed by atoms with van der Waals surface area (Å²) < 4.78 is 5.80. The van der Waals surface area contributed by atoms with Crippen molar-refractivity contribution in [2.75, 3.05) is 19.4 Å². The molecular formula is C23H22ClN3O3. The minimum absolute atomic E-state index is 0.212. The molecule has 0 saturated heterocycles. The predicted molar refractivity (Wildman–Crippen MR) is 117 cm³/mol. The number of benzene rings is 2. The van der Waals surface area contributed by atoms with Gasteiger partial charge in [-0.25, -0.2) is 4.98 Å².